The molecule has 0 saturated heterocycles. The number of hydrogen-bond acceptors (Lipinski definition) is 2. The first-order chi connectivity index (χ1) is 6.60. The summed E-state index contributed by atoms with van der Waals surface area (Å²) in [6.45, 7) is 3.41. The maximum Gasteiger partial charge on any atom is 0.134 e. The summed E-state index contributed by atoms with van der Waals surface area (Å²) in [5.74, 6) is 0. The van der Waals surface area contributed by atoms with Crippen LogP contribution in [0.15, 0.2) is 22.1 Å². The van der Waals surface area contributed by atoms with Gasteiger partial charge in [-0.1, -0.05) is 34.8 Å². The van der Waals surface area contributed by atoms with Gasteiger partial charge in [0, 0.05) is 12.1 Å². The highest BCUT2D eigenvalue weighted by atomic mass is 35.5. The van der Waals surface area contributed by atoms with E-state index >= 15 is 0 Å². The van der Waals surface area contributed by atoms with Gasteiger partial charge < -0.3 is 0 Å². The van der Waals surface area contributed by atoms with Crippen LogP contribution < -0.4 is 0 Å². The van der Waals surface area contributed by atoms with Gasteiger partial charge in [0.25, 0.3) is 0 Å². The van der Waals surface area contributed by atoms with Gasteiger partial charge in [-0.05, 0) is 18.9 Å². The van der Waals surface area contributed by atoms with Crippen LogP contribution >= 0.6 is 34.8 Å². The Labute approximate surface area is 97.2 Å². The Morgan fingerprint density at radius 3 is 2.50 bits per heavy atom. The highest BCUT2D eigenvalue weighted by Gasteiger charge is 2.11. The first-order valence-electron chi connectivity index (χ1n) is 3.68. The summed E-state index contributed by atoms with van der Waals surface area (Å²) in [6.07, 6.45) is 0. The van der Waals surface area contributed by atoms with E-state index in [0.717, 1.165) is 0 Å². The zero-order chi connectivity index (χ0) is 10.7. The van der Waals surface area contributed by atoms with Gasteiger partial charge in [-0.15, -0.1) is 0 Å². The molecule has 2 nitrogen and oxygen atoms in total. The highest BCUT2D eigenvalue weighted by molar-refractivity contribution is 6.71. The number of aliphatic imine (C=N–C) groups is 2. The third kappa shape index (κ3) is 2.27. The molecule has 0 radical (unpaired) electrons. The van der Waals surface area contributed by atoms with Crippen molar-refractivity contribution in [1.29, 1.82) is 0 Å². The van der Waals surface area contributed by atoms with E-state index in [9.17, 15) is 0 Å². The van der Waals surface area contributed by atoms with Gasteiger partial charge in [0.05, 0.1) is 16.3 Å². The molecule has 0 saturated carbocycles. The molecule has 0 aliphatic carbocycles. The lowest BCUT2D eigenvalue weighted by molar-refractivity contribution is 1.44. The molecule has 0 atom stereocenters. The van der Waals surface area contributed by atoms with Gasteiger partial charge in [-0.25, -0.2) is 0 Å². The smallest absolute Gasteiger partial charge is 0.134 e. The molecule has 0 aliphatic rings. The quantitative estimate of drug-likeness (QED) is 0.709. The monoisotopic (exact) mass is 248 g/mol. The molecule has 1 aromatic carbocycles. The van der Waals surface area contributed by atoms with Crippen LogP contribution in [-0.4, -0.2) is 18.9 Å². The molecule has 0 N–H and O–H groups in total. The molecule has 1 aromatic rings. The number of hydrogen-bond donors (Lipinski definition) is 0. The van der Waals surface area contributed by atoms with Gasteiger partial charge >= 0.3 is 0 Å². The molecule has 0 unspecified atom stereocenters. The Hall–Kier alpha value is -0.570. The van der Waals surface area contributed by atoms with E-state index in [1.807, 2.05) is 0 Å². The largest absolute Gasteiger partial charge is 0.276 e. The fourth-order valence-electron chi connectivity index (χ4n) is 1.00. The van der Waals surface area contributed by atoms with Crippen LogP contribution in [-0.2, 0) is 0 Å². The van der Waals surface area contributed by atoms with E-state index in [2.05, 4.69) is 16.7 Å². The minimum Gasteiger partial charge on any atom is -0.276 e. The molecule has 74 valence electrons. The number of rotatable bonds is 2. The number of nitrogens with zero attached hydrogens (tertiary/aromatic N) is 2. The van der Waals surface area contributed by atoms with Crippen molar-refractivity contribution in [3.63, 3.8) is 0 Å². The first-order valence-corrected chi connectivity index (χ1v) is 4.82. The minimum atomic E-state index is 0.286. The summed E-state index contributed by atoms with van der Waals surface area (Å²) in [5, 5.41) is 1.19. The van der Waals surface area contributed by atoms with Crippen molar-refractivity contribution >= 4 is 52.4 Å². The fraction of sp³-hybridized carbons (Fsp3) is 0.111. The van der Waals surface area contributed by atoms with Crippen LogP contribution in [0.4, 0.5) is 5.69 Å². The lowest BCUT2D eigenvalue weighted by atomic mass is 10.2. The molecule has 0 bridgehead atoms. The van der Waals surface area contributed by atoms with Crippen molar-refractivity contribution in [3.05, 3.63) is 27.7 Å². The van der Waals surface area contributed by atoms with Crippen molar-refractivity contribution in [1.82, 2.24) is 0 Å². The van der Waals surface area contributed by atoms with E-state index in [0.29, 0.717) is 21.3 Å². The average Bonchev–Trinajstić information content (AvgIpc) is 2.15. The van der Waals surface area contributed by atoms with Crippen molar-refractivity contribution < 1.29 is 0 Å². The molecule has 0 aliphatic heterocycles. The van der Waals surface area contributed by atoms with Crippen LogP contribution in [0, 0.1) is 0 Å². The number of benzene rings is 1. The van der Waals surface area contributed by atoms with Crippen molar-refractivity contribution in [2.24, 2.45) is 9.98 Å². The highest BCUT2D eigenvalue weighted by Crippen LogP contribution is 2.32. The van der Waals surface area contributed by atoms with E-state index in [1.165, 1.54) is 0 Å². The van der Waals surface area contributed by atoms with Crippen LogP contribution in [0.25, 0.3) is 0 Å². The second kappa shape index (κ2) is 4.78. The summed E-state index contributed by atoms with van der Waals surface area (Å²) in [4.78, 5) is 7.60. The molecule has 14 heavy (non-hydrogen) atoms. The van der Waals surface area contributed by atoms with Crippen molar-refractivity contribution in [2.75, 3.05) is 7.05 Å². The third-order valence-electron chi connectivity index (χ3n) is 1.61. The van der Waals surface area contributed by atoms with E-state index in [-0.39, 0.29) is 5.17 Å². The molecular formula is C9H7Cl3N2. The zero-order valence-electron chi connectivity index (χ0n) is 7.39. The molecule has 0 heterocycles. The Balaban J connectivity index is 3.47. The van der Waals surface area contributed by atoms with Gasteiger partial charge in [-0.2, -0.15) is 0 Å². The van der Waals surface area contributed by atoms with Crippen LogP contribution in [0.2, 0.25) is 10.0 Å². The Bertz CT molecular complexity index is 399. The van der Waals surface area contributed by atoms with Gasteiger partial charge in [0.15, 0.2) is 0 Å². The summed E-state index contributed by atoms with van der Waals surface area (Å²) in [7, 11) is 1.57. The standard InChI is InChI=1S/C9H7Cl3N2/c1-13-7-4-5(10)3-6(11)8(7)9(12)14-2/h3-4H,1H2,2H3/b14-9+. The van der Waals surface area contributed by atoms with Crippen molar-refractivity contribution in [2.45, 2.75) is 0 Å². The third-order valence-corrected chi connectivity index (χ3v) is 2.48. The van der Waals surface area contributed by atoms with Gasteiger partial charge in [0.2, 0.25) is 0 Å². The molecule has 5 heteroatoms. The second-order valence-corrected chi connectivity index (χ2v) is 3.66. The summed E-state index contributed by atoms with van der Waals surface area (Å²) < 4.78 is 0. The Morgan fingerprint density at radius 1 is 1.36 bits per heavy atom. The number of halogens is 3. The maximum atomic E-state index is 5.95. The Kier molecular flexibility index (Phi) is 3.93. The topological polar surface area (TPSA) is 24.7 Å². The average molecular weight is 250 g/mol. The predicted molar refractivity (Wildman–Crippen MR) is 64.0 cm³/mol. The lowest BCUT2D eigenvalue weighted by Gasteiger charge is -2.06. The maximum absolute atomic E-state index is 5.95. The fourth-order valence-corrected chi connectivity index (χ4v) is 1.82. The Morgan fingerprint density at radius 2 is 2.00 bits per heavy atom. The molecule has 1 rings (SSSR count). The van der Waals surface area contributed by atoms with Gasteiger partial charge in [0.1, 0.15) is 5.17 Å². The normalized spacial score (nSPS) is 11.6. The van der Waals surface area contributed by atoms with E-state index in [4.69, 9.17) is 34.8 Å². The van der Waals surface area contributed by atoms with Gasteiger partial charge in [-0.3, -0.25) is 9.98 Å². The zero-order valence-corrected chi connectivity index (χ0v) is 9.66. The lowest BCUT2D eigenvalue weighted by Crippen LogP contribution is -1.93. The SMILES string of the molecule is C=Nc1cc(Cl)cc(Cl)c1/C(Cl)=N\C. The summed E-state index contributed by atoms with van der Waals surface area (Å²) in [6, 6.07) is 3.21. The van der Waals surface area contributed by atoms with E-state index < -0.39 is 0 Å². The predicted octanol–water partition coefficient (Wildman–Crippen LogP) is 3.94. The molecule has 0 aromatic heterocycles. The minimum absolute atomic E-state index is 0.286. The molecular weight excluding hydrogens is 242 g/mol. The van der Waals surface area contributed by atoms with Crippen LogP contribution in [0.1, 0.15) is 5.56 Å². The molecule has 0 amide bonds. The summed E-state index contributed by atoms with van der Waals surface area (Å²) >= 11 is 17.6. The summed E-state index contributed by atoms with van der Waals surface area (Å²) in [5.41, 5.74) is 1.08. The second-order valence-electron chi connectivity index (χ2n) is 2.45. The van der Waals surface area contributed by atoms with Crippen molar-refractivity contribution in [3.8, 4) is 0 Å². The first kappa shape index (κ1) is 11.5. The van der Waals surface area contributed by atoms with E-state index in [1.54, 1.807) is 19.2 Å². The molecule has 0 fully saturated rings. The van der Waals surface area contributed by atoms with Crippen LogP contribution in [0.5, 0.6) is 0 Å². The van der Waals surface area contributed by atoms with Crippen LogP contribution in [0.3, 0.4) is 0 Å². The molecule has 0 spiro atoms.